The average Bonchev–Trinajstić information content (AvgIpc) is 2.05. The first-order chi connectivity index (χ1) is 5.79. The number of aromatic nitrogens is 2. The minimum atomic E-state index is -2.31. The molecule has 0 fully saturated rings. The highest BCUT2D eigenvalue weighted by Gasteiger charge is 2.00. The van der Waals surface area contributed by atoms with E-state index in [0.717, 1.165) is 5.56 Å². The van der Waals surface area contributed by atoms with E-state index in [1.165, 1.54) is 6.33 Å². The fraction of sp³-hybridized carbons (Fsp3) is 0.429. The van der Waals surface area contributed by atoms with E-state index in [1.807, 2.05) is 0 Å². The molecule has 66 valence electrons. The van der Waals surface area contributed by atoms with Gasteiger partial charge in [-0.05, 0) is 0 Å². The highest BCUT2D eigenvalue weighted by Crippen LogP contribution is 1.93. The molecule has 0 aliphatic rings. The molecule has 0 unspecified atom stereocenters. The number of hydrogen-bond acceptors (Lipinski definition) is 3. The molecule has 3 nitrogen and oxygen atoms in total. The van der Waals surface area contributed by atoms with Crippen LogP contribution in [0.15, 0.2) is 18.7 Å². The maximum Gasteiger partial charge on any atom is 0.250 e. The van der Waals surface area contributed by atoms with Crippen LogP contribution in [0.3, 0.4) is 0 Å². The minimum absolute atomic E-state index is 0.297. The van der Waals surface area contributed by atoms with Crippen LogP contribution in [0.25, 0.3) is 0 Å². The van der Waals surface area contributed by atoms with Gasteiger partial charge in [-0.3, -0.25) is 0 Å². The summed E-state index contributed by atoms with van der Waals surface area (Å²) in [7, 11) is 0. The van der Waals surface area contributed by atoms with Gasteiger partial charge >= 0.3 is 0 Å². The van der Waals surface area contributed by atoms with Gasteiger partial charge in [-0.15, -0.1) is 0 Å². The molecule has 1 N–H and O–H groups in total. The number of nitrogens with one attached hydrogen (secondary N) is 1. The predicted molar refractivity (Wildman–Crippen MR) is 39.7 cm³/mol. The van der Waals surface area contributed by atoms with Crippen molar-refractivity contribution in [1.82, 2.24) is 15.3 Å². The van der Waals surface area contributed by atoms with Crippen molar-refractivity contribution in [2.75, 3.05) is 6.54 Å². The van der Waals surface area contributed by atoms with Crippen molar-refractivity contribution in [3.05, 3.63) is 24.3 Å². The zero-order valence-electron chi connectivity index (χ0n) is 6.37. The molecular weight excluding hydrogens is 164 g/mol. The summed E-state index contributed by atoms with van der Waals surface area (Å²) < 4.78 is 23.3. The number of nitrogens with zero attached hydrogens (tertiary/aromatic N) is 2. The number of alkyl halides is 2. The summed E-state index contributed by atoms with van der Waals surface area (Å²) in [5, 5.41) is 2.57. The average molecular weight is 173 g/mol. The lowest BCUT2D eigenvalue weighted by Crippen LogP contribution is -2.20. The number of halogens is 2. The monoisotopic (exact) mass is 173 g/mol. The van der Waals surface area contributed by atoms with Crippen molar-refractivity contribution in [2.45, 2.75) is 13.0 Å². The lowest BCUT2D eigenvalue weighted by atomic mass is 10.3. The third kappa shape index (κ3) is 3.34. The van der Waals surface area contributed by atoms with E-state index in [-0.39, 0.29) is 6.54 Å². The van der Waals surface area contributed by atoms with Crippen molar-refractivity contribution in [1.29, 1.82) is 0 Å². The van der Waals surface area contributed by atoms with E-state index in [2.05, 4.69) is 15.3 Å². The standard InChI is InChI=1S/C7H9F2N3/c8-7(9)4-10-1-6-2-11-5-12-3-6/h2-3,5,7,10H,1,4H2. The van der Waals surface area contributed by atoms with Crippen LogP contribution in [0, 0.1) is 0 Å². The van der Waals surface area contributed by atoms with Gasteiger partial charge in [0.2, 0.25) is 0 Å². The second-order valence-corrected chi connectivity index (χ2v) is 2.27. The van der Waals surface area contributed by atoms with Crippen LogP contribution in [0.4, 0.5) is 8.78 Å². The van der Waals surface area contributed by atoms with Crippen molar-refractivity contribution < 1.29 is 8.78 Å². The molecule has 12 heavy (non-hydrogen) atoms. The Bertz CT molecular complexity index is 215. The molecule has 0 amide bonds. The smallest absolute Gasteiger partial charge is 0.250 e. The molecule has 0 radical (unpaired) electrons. The minimum Gasteiger partial charge on any atom is -0.307 e. The summed E-state index contributed by atoms with van der Waals surface area (Å²) >= 11 is 0. The molecule has 1 heterocycles. The van der Waals surface area contributed by atoms with Gasteiger partial charge in [0.25, 0.3) is 6.43 Å². The molecule has 0 atom stereocenters. The Morgan fingerprint density at radius 3 is 2.58 bits per heavy atom. The van der Waals surface area contributed by atoms with Crippen LogP contribution in [-0.2, 0) is 6.54 Å². The van der Waals surface area contributed by atoms with Gasteiger partial charge in [0.1, 0.15) is 6.33 Å². The maximum absolute atomic E-state index is 11.6. The van der Waals surface area contributed by atoms with Crippen LogP contribution in [-0.4, -0.2) is 22.9 Å². The normalized spacial score (nSPS) is 10.6. The third-order valence-electron chi connectivity index (χ3n) is 1.24. The highest BCUT2D eigenvalue weighted by molar-refractivity contribution is 5.01. The third-order valence-corrected chi connectivity index (χ3v) is 1.24. The van der Waals surface area contributed by atoms with E-state index >= 15 is 0 Å². The van der Waals surface area contributed by atoms with Crippen molar-refractivity contribution in [3.63, 3.8) is 0 Å². The molecule has 0 saturated heterocycles. The van der Waals surface area contributed by atoms with E-state index < -0.39 is 6.43 Å². The summed E-state index contributed by atoms with van der Waals surface area (Å²) in [6.45, 7) is 0.0834. The van der Waals surface area contributed by atoms with Crippen LogP contribution < -0.4 is 5.32 Å². The number of rotatable bonds is 4. The van der Waals surface area contributed by atoms with Crippen molar-refractivity contribution in [3.8, 4) is 0 Å². The van der Waals surface area contributed by atoms with Gasteiger partial charge in [-0.25, -0.2) is 18.7 Å². The van der Waals surface area contributed by atoms with Crippen molar-refractivity contribution >= 4 is 0 Å². The zero-order valence-corrected chi connectivity index (χ0v) is 6.37. The summed E-state index contributed by atoms with van der Waals surface area (Å²) in [4.78, 5) is 7.49. The molecule has 1 aromatic heterocycles. The first-order valence-electron chi connectivity index (χ1n) is 3.52. The molecule has 0 bridgehead atoms. The Morgan fingerprint density at radius 2 is 2.00 bits per heavy atom. The quantitative estimate of drug-likeness (QED) is 0.732. The molecular formula is C7H9F2N3. The fourth-order valence-electron chi connectivity index (χ4n) is 0.747. The maximum atomic E-state index is 11.6. The summed E-state index contributed by atoms with van der Waals surface area (Å²) in [6, 6.07) is 0. The molecule has 1 rings (SSSR count). The molecule has 0 aliphatic carbocycles. The van der Waals surface area contributed by atoms with E-state index in [1.54, 1.807) is 12.4 Å². The molecule has 0 aromatic carbocycles. The summed E-state index contributed by atoms with van der Waals surface area (Å²) in [5.74, 6) is 0. The van der Waals surface area contributed by atoms with Gasteiger partial charge in [0.15, 0.2) is 0 Å². The Labute approximate surface area is 68.8 Å². The van der Waals surface area contributed by atoms with Gasteiger partial charge in [-0.1, -0.05) is 0 Å². The molecule has 0 aliphatic heterocycles. The van der Waals surface area contributed by atoms with Gasteiger partial charge in [0.05, 0.1) is 6.54 Å². The molecule has 5 heteroatoms. The lowest BCUT2D eigenvalue weighted by molar-refractivity contribution is 0.145. The molecule has 0 spiro atoms. The van der Waals surface area contributed by atoms with Crippen LogP contribution in [0.1, 0.15) is 5.56 Å². The second-order valence-electron chi connectivity index (χ2n) is 2.27. The van der Waals surface area contributed by atoms with E-state index in [4.69, 9.17) is 0 Å². The van der Waals surface area contributed by atoms with Crippen molar-refractivity contribution in [2.24, 2.45) is 0 Å². The zero-order chi connectivity index (χ0) is 8.81. The lowest BCUT2D eigenvalue weighted by Gasteiger charge is -2.01. The fourth-order valence-corrected chi connectivity index (χ4v) is 0.747. The highest BCUT2D eigenvalue weighted by atomic mass is 19.3. The Morgan fingerprint density at radius 1 is 1.33 bits per heavy atom. The topological polar surface area (TPSA) is 37.8 Å². The van der Waals surface area contributed by atoms with Gasteiger partial charge in [0, 0.05) is 24.5 Å². The van der Waals surface area contributed by atoms with E-state index in [9.17, 15) is 8.78 Å². The Balaban J connectivity index is 2.25. The first-order valence-corrected chi connectivity index (χ1v) is 3.52. The summed E-state index contributed by atoms with van der Waals surface area (Å²) in [6.07, 6.45) is 2.27. The first kappa shape index (κ1) is 8.99. The SMILES string of the molecule is FC(F)CNCc1cncnc1. The largest absolute Gasteiger partial charge is 0.307 e. The van der Waals surface area contributed by atoms with Gasteiger partial charge < -0.3 is 5.32 Å². The van der Waals surface area contributed by atoms with Crippen LogP contribution >= 0.6 is 0 Å². The van der Waals surface area contributed by atoms with Gasteiger partial charge in [-0.2, -0.15) is 0 Å². The van der Waals surface area contributed by atoms with E-state index in [0.29, 0.717) is 6.54 Å². The van der Waals surface area contributed by atoms with Crippen LogP contribution in [0.2, 0.25) is 0 Å². The second kappa shape index (κ2) is 4.71. The predicted octanol–water partition coefficient (Wildman–Crippen LogP) is 0.831. The number of hydrogen-bond donors (Lipinski definition) is 1. The Hall–Kier alpha value is -1.10. The molecule has 0 saturated carbocycles. The summed E-state index contributed by atoms with van der Waals surface area (Å²) in [5.41, 5.74) is 0.804. The molecule has 1 aromatic rings. The van der Waals surface area contributed by atoms with Crippen LogP contribution in [0.5, 0.6) is 0 Å². The Kier molecular flexibility index (Phi) is 3.53.